The van der Waals surface area contributed by atoms with Crippen molar-refractivity contribution in [2.45, 2.75) is 19.5 Å². The van der Waals surface area contributed by atoms with E-state index in [9.17, 15) is 4.79 Å². The van der Waals surface area contributed by atoms with E-state index in [0.29, 0.717) is 11.4 Å². The fraction of sp³-hybridized carbons (Fsp3) is 0.400. The number of nitrogens with one attached hydrogen (secondary N) is 1. The maximum atomic E-state index is 11.1. The van der Waals surface area contributed by atoms with Crippen LogP contribution in [-0.4, -0.2) is 19.1 Å². The summed E-state index contributed by atoms with van der Waals surface area (Å²) in [5, 5.41) is 13.5. The summed E-state index contributed by atoms with van der Waals surface area (Å²) in [6.07, 6.45) is 0. The van der Waals surface area contributed by atoms with Crippen molar-refractivity contribution in [1.82, 2.24) is 5.32 Å². The molecule has 4 nitrogen and oxygen atoms in total. The summed E-state index contributed by atoms with van der Waals surface area (Å²) < 4.78 is 4.58. The highest BCUT2D eigenvalue weighted by molar-refractivity contribution is 7.10. The largest absolute Gasteiger partial charge is 0.468 e. The second-order valence-electron chi connectivity index (χ2n) is 3.06. The zero-order chi connectivity index (χ0) is 11.3. The molecule has 1 heterocycles. The van der Waals surface area contributed by atoms with Gasteiger partial charge in [0.25, 0.3) is 0 Å². The van der Waals surface area contributed by atoms with Crippen molar-refractivity contribution in [3.8, 4) is 6.07 Å². The number of esters is 1. The molecular weight excluding hydrogens is 212 g/mol. The lowest BCUT2D eigenvalue weighted by Crippen LogP contribution is -2.34. The Balaban J connectivity index is 2.44. The molecule has 1 N–H and O–H groups in total. The fourth-order valence-corrected chi connectivity index (χ4v) is 1.76. The third-order valence-corrected chi connectivity index (χ3v) is 2.81. The monoisotopic (exact) mass is 224 g/mol. The summed E-state index contributed by atoms with van der Waals surface area (Å²) in [6, 6.07) is 3.54. The number of ether oxygens (including phenoxy) is 1. The number of thiophene rings is 1. The molecule has 0 spiro atoms. The Labute approximate surface area is 92.5 Å². The summed E-state index contributed by atoms with van der Waals surface area (Å²) in [7, 11) is 1.36. The Bertz CT molecular complexity index is 381. The molecule has 0 aliphatic carbocycles. The van der Waals surface area contributed by atoms with Crippen LogP contribution in [0, 0.1) is 11.3 Å². The zero-order valence-electron chi connectivity index (χ0n) is 8.61. The highest BCUT2D eigenvalue weighted by atomic mass is 32.1. The van der Waals surface area contributed by atoms with Gasteiger partial charge in [-0.3, -0.25) is 4.79 Å². The lowest BCUT2D eigenvalue weighted by atomic mass is 10.3. The van der Waals surface area contributed by atoms with E-state index in [1.807, 2.05) is 11.4 Å². The van der Waals surface area contributed by atoms with Gasteiger partial charge in [0.2, 0.25) is 0 Å². The number of carbonyl (C=O) groups excluding carboxylic acids is 1. The highest BCUT2D eigenvalue weighted by Gasteiger charge is 2.11. The van der Waals surface area contributed by atoms with Crippen molar-refractivity contribution >= 4 is 17.3 Å². The molecule has 1 unspecified atom stereocenters. The summed E-state index contributed by atoms with van der Waals surface area (Å²) in [4.78, 5) is 11.7. The molecule has 0 saturated carbocycles. The average molecular weight is 224 g/mol. The van der Waals surface area contributed by atoms with Gasteiger partial charge in [0, 0.05) is 6.54 Å². The quantitative estimate of drug-likeness (QED) is 0.782. The minimum absolute atomic E-state index is 0.286. The number of hydrogen-bond donors (Lipinski definition) is 1. The molecule has 0 radical (unpaired) electrons. The molecule has 0 aliphatic heterocycles. The van der Waals surface area contributed by atoms with E-state index in [4.69, 9.17) is 5.26 Å². The number of nitrogens with zero attached hydrogens (tertiary/aromatic N) is 1. The molecule has 1 rings (SSSR count). The van der Waals surface area contributed by atoms with Crippen LogP contribution in [-0.2, 0) is 16.1 Å². The van der Waals surface area contributed by atoms with Gasteiger partial charge in [0.1, 0.15) is 17.0 Å². The van der Waals surface area contributed by atoms with E-state index in [2.05, 4.69) is 16.1 Å². The lowest BCUT2D eigenvalue weighted by molar-refractivity contribution is -0.142. The lowest BCUT2D eigenvalue weighted by Gasteiger charge is -2.09. The van der Waals surface area contributed by atoms with Crippen LogP contribution in [0.4, 0.5) is 0 Å². The summed E-state index contributed by atoms with van der Waals surface area (Å²) in [6.45, 7) is 2.30. The van der Waals surface area contributed by atoms with Crippen molar-refractivity contribution in [2.75, 3.05) is 7.11 Å². The van der Waals surface area contributed by atoms with Crippen molar-refractivity contribution in [3.05, 3.63) is 21.9 Å². The van der Waals surface area contributed by atoms with E-state index in [-0.39, 0.29) is 12.0 Å². The van der Waals surface area contributed by atoms with Gasteiger partial charge in [-0.15, -0.1) is 11.3 Å². The van der Waals surface area contributed by atoms with Crippen LogP contribution in [0.15, 0.2) is 11.4 Å². The third kappa shape index (κ3) is 3.35. The second-order valence-corrected chi connectivity index (χ2v) is 3.97. The van der Waals surface area contributed by atoms with Crippen molar-refractivity contribution in [2.24, 2.45) is 0 Å². The zero-order valence-corrected chi connectivity index (χ0v) is 9.43. The Kier molecular flexibility index (Phi) is 4.28. The molecule has 1 aromatic heterocycles. The Morgan fingerprint density at radius 1 is 1.80 bits per heavy atom. The molecule has 0 aromatic carbocycles. The molecule has 5 heteroatoms. The second kappa shape index (κ2) is 5.49. The van der Waals surface area contributed by atoms with Crippen molar-refractivity contribution in [3.63, 3.8) is 0 Å². The van der Waals surface area contributed by atoms with E-state index in [1.54, 1.807) is 6.92 Å². The number of methoxy groups -OCH3 is 1. The molecule has 15 heavy (non-hydrogen) atoms. The molecule has 1 atom stereocenters. The minimum atomic E-state index is -0.333. The number of nitriles is 1. The first-order valence-corrected chi connectivity index (χ1v) is 5.34. The van der Waals surface area contributed by atoms with Crippen molar-refractivity contribution < 1.29 is 9.53 Å². The van der Waals surface area contributed by atoms with Gasteiger partial charge in [-0.05, 0) is 23.9 Å². The van der Waals surface area contributed by atoms with Crippen molar-refractivity contribution in [1.29, 1.82) is 5.26 Å². The van der Waals surface area contributed by atoms with Crippen LogP contribution >= 0.6 is 11.3 Å². The average Bonchev–Trinajstić information content (AvgIpc) is 2.72. The molecule has 0 aliphatic rings. The first-order valence-electron chi connectivity index (χ1n) is 4.46. The van der Waals surface area contributed by atoms with E-state index in [0.717, 1.165) is 5.56 Å². The Hall–Kier alpha value is -1.38. The van der Waals surface area contributed by atoms with Crippen LogP contribution in [0.3, 0.4) is 0 Å². The summed E-state index contributed by atoms with van der Waals surface area (Å²) in [5.41, 5.74) is 1.01. The standard InChI is InChI=1S/C10H12N2O2S/c1-7(10(13)14-2)12-5-8-3-9(4-11)15-6-8/h3,6-7,12H,5H2,1-2H3. The molecule has 0 fully saturated rings. The maximum absolute atomic E-state index is 11.1. The third-order valence-electron chi connectivity index (χ3n) is 1.93. The Morgan fingerprint density at radius 3 is 3.07 bits per heavy atom. The van der Waals surface area contributed by atoms with Gasteiger partial charge < -0.3 is 10.1 Å². The van der Waals surface area contributed by atoms with Gasteiger partial charge >= 0.3 is 5.97 Å². The van der Waals surface area contributed by atoms with Gasteiger partial charge in [0.15, 0.2) is 0 Å². The van der Waals surface area contributed by atoms with E-state index < -0.39 is 0 Å². The predicted molar refractivity (Wildman–Crippen MR) is 57.4 cm³/mol. The molecular formula is C10H12N2O2S. The maximum Gasteiger partial charge on any atom is 0.322 e. The predicted octanol–water partition coefficient (Wildman–Crippen LogP) is 1.27. The minimum Gasteiger partial charge on any atom is -0.468 e. The first kappa shape index (κ1) is 11.7. The molecule has 80 valence electrons. The van der Waals surface area contributed by atoms with Gasteiger partial charge in [-0.1, -0.05) is 0 Å². The highest BCUT2D eigenvalue weighted by Crippen LogP contribution is 2.13. The van der Waals surface area contributed by atoms with Crippen LogP contribution in [0.1, 0.15) is 17.4 Å². The fourth-order valence-electron chi connectivity index (χ4n) is 1.06. The topological polar surface area (TPSA) is 62.1 Å². The summed E-state index contributed by atoms with van der Waals surface area (Å²) in [5.74, 6) is -0.286. The normalized spacial score (nSPS) is 11.8. The van der Waals surface area contributed by atoms with E-state index in [1.165, 1.54) is 18.4 Å². The van der Waals surface area contributed by atoms with Crippen LogP contribution in [0.5, 0.6) is 0 Å². The SMILES string of the molecule is COC(=O)C(C)NCc1csc(C#N)c1. The van der Waals surface area contributed by atoms with Gasteiger partial charge in [-0.25, -0.2) is 0 Å². The number of rotatable bonds is 4. The summed E-state index contributed by atoms with van der Waals surface area (Å²) >= 11 is 1.40. The molecule has 0 saturated heterocycles. The van der Waals surface area contributed by atoms with Crippen LogP contribution in [0.2, 0.25) is 0 Å². The first-order chi connectivity index (χ1) is 7.17. The van der Waals surface area contributed by atoms with E-state index >= 15 is 0 Å². The smallest absolute Gasteiger partial charge is 0.322 e. The Morgan fingerprint density at radius 2 is 2.53 bits per heavy atom. The van der Waals surface area contributed by atoms with Crippen LogP contribution < -0.4 is 5.32 Å². The molecule has 0 bridgehead atoms. The van der Waals surface area contributed by atoms with Gasteiger partial charge in [0.05, 0.1) is 7.11 Å². The molecule has 1 aromatic rings. The molecule has 0 amide bonds. The number of carbonyl (C=O) groups is 1. The van der Waals surface area contributed by atoms with Gasteiger partial charge in [-0.2, -0.15) is 5.26 Å². The van der Waals surface area contributed by atoms with Crippen LogP contribution in [0.25, 0.3) is 0 Å². The number of hydrogen-bond acceptors (Lipinski definition) is 5.